The zero-order chi connectivity index (χ0) is 9.84. The van der Waals surface area contributed by atoms with Gasteiger partial charge in [0.1, 0.15) is 0 Å². The van der Waals surface area contributed by atoms with Crippen LogP contribution < -0.4 is 5.73 Å². The molecule has 0 saturated heterocycles. The molecule has 0 bridgehead atoms. The van der Waals surface area contributed by atoms with Crippen LogP contribution in [0.1, 0.15) is 11.3 Å². The van der Waals surface area contributed by atoms with Gasteiger partial charge in [-0.3, -0.25) is 5.10 Å². The molecule has 2 amide bonds. The number of amides is 2. The Kier molecular flexibility index (Phi) is 2.63. The molecule has 70 valence electrons. The van der Waals surface area contributed by atoms with Crippen molar-refractivity contribution in [3.63, 3.8) is 0 Å². The Morgan fingerprint density at radius 3 is 3.00 bits per heavy atom. The minimum atomic E-state index is -0.600. The number of nitrogens with two attached hydrogens (primary N) is 1. The summed E-state index contributed by atoms with van der Waals surface area (Å²) in [6.07, 6.45) is 3.14. The summed E-state index contributed by atoms with van der Waals surface area (Å²) in [5.74, 6) is 0. The summed E-state index contributed by atoms with van der Waals surface area (Å²) in [4.78, 5) is 10.6. The van der Waals surface area contributed by atoms with Gasteiger partial charge in [0.2, 0.25) is 0 Å². The zero-order valence-corrected chi connectivity index (χ0v) is 7.48. The summed E-state index contributed by atoms with van der Waals surface area (Å²) in [5.41, 5.74) is 6.68. The molecule has 1 aromatic rings. The van der Waals surface area contributed by atoms with Crippen molar-refractivity contribution in [2.75, 3.05) is 7.05 Å². The number of nitrogens with zero attached hydrogens (tertiary/aromatic N) is 3. The SMILES string of the molecule is Cc1[nH]ncc1/C=N/N(C)C(N)=O. The summed E-state index contributed by atoms with van der Waals surface area (Å²) < 4.78 is 0. The van der Waals surface area contributed by atoms with Crippen molar-refractivity contribution in [2.24, 2.45) is 10.8 Å². The van der Waals surface area contributed by atoms with Crippen molar-refractivity contribution >= 4 is 12.2 Å². The average Bonchev–Trinajstić information content (AvgIpc) is 2.47. The van der Waals surface area contributed by atoms with Crippen molar-refractivity contribution < 1.29 is 4.79 Å². The summed E-state index contributed by atoms with van der Waals surface area (Å²) in [6.45, 7) is 1.86. The fourth-order valence-corrected chi connectivity index (χ4v) is 0.696. The lowest BCUT2D eigenvalue weighted by atomic mass is 10.3. The van der Waals surface area contributed by atoms with Crippen molar-refractivity contribution in [1.82, 2.24) is 15.2 Å². The molecule has 6 heteroatoms. The van der Waals surface area contributed by atoms with Gasteiger partial charge in [-0.2, -0.15) is 10.2 Å². The maximum absolute atomic E-state index is 10.6. The van der Waals surface area contributed by atoms with Crippen molar-refractivity contribution in [2.45, 2.75) is 6.92 Å². The molecule has 1 rings (SSSR count). The average molecular weight is 181 g/mol. The van der Waals surface area contributed by atoms with Crippen molar-refractivity contribution in [3.05, 3.63) is 17.5 Å². The lowest BCUT2D eigenvalue weighted by molar-refractivity contribution is 0.220. The van der Waals surface area contributed by atoms with Gasteiger partial charge >= 0.3 is 6.03 Å². The number of H-pyrrole nitrogens is 1. The molecule has 1 aromatic heterocycles. The van der Waals surface area contributed by atoms with Gasteiger partial charge < -0.3 is 5.73 Å². The molecular formula is C7H11N5O. The predicted molar refractivity (Wildman–Crippen MR) is 48.3 cm³/mol. The molecule has 0 aliphatic carbocycles. The van der Waals surface area contributed by atoms with Crippen LogP contribution in [0, 0.1) is 6.92 Å². The highest BCUT2D eigenvalue weighted by Crippen LogP contribution is 1.98. The van der Waals surface area contributed by atoms with E-state index in [9.17, 15) is 4.79 Å². The zero-order valence-electron chi connectivity index (χ0n) is 7.48. The maximum Gasteiger partial charge on any atom is 0.334 e. The Labute approximate surface area is 75.4 Å². The Bertz CT molecular complexity index is 329. The Morgan fingerprint density at radius 1 is 1.85 bits per heavy atom. The van der Waals surface area contributed by atoms with Gasteiger partial charge in [-0.15, -0.1) is 0 Å². The molecule has 1 heterocycles. The lowest BCUT2D eigenvalue weighted by Gasteiger charge is -2.04. The molecule has 0 aromatic carbocycles. The van der Waals surface area contributed by atoms with E-state index in [4.69, 9.17) is 5.73 Å². The predicted octanol–water partition coefficient (Wildman–Crippen LogP) is 0.0625. The first-order valence-electron chi connectivity index (χ1n) is 3.68. The van der Waals surface area contributed by atoms with Gasteiger partial charge in [-0.1, -0.05) is 0 Å². The number of hydrazone groups is 1. The number of urea groups is 1. The van der Waals surface area contributed by atoms with Crippen LogP contribution in [0.25, 0.3) is 0 Å². The van der Waals surface area contributed by atoms with Gasteiger partial charge in [-0.25, -0.2) is 9.80 Å². The molecule has 0 saturated carbocycles. The summed E-state index contributed by atoms with van der Waals surface area (Å²) in [7, 11) is 1.48. The van der Waals surface area contributed by atoms with Crippen LogP contribution in [0.2, 0.25) is 0 Å². The Morgan fingerprint density at radius 2 is 2.54 bits per heavy atom. The van der Waals surface area contributed by atoms with E-state index in [-0.39, 0.29) is 0 Å². The highest BCUT2D eigenvalue weighted by Gasteiger charge is 1.99. The first-order valence-corrected chi connectivity index (χ1v) is 3.68. The fraction of sp³-hybridized carbons (Fsp3) is 0.286. The van der Waals surface area contributed by atoms with Gasteiger partial charge in [0, 0.05) is 18.3 Å². The molecule has 13 heavy (non-hydrogen) atoms. The van der Waals surface area contributed by atoms with E-state index in [0.29, 0.717) is 0 Å². The third-order valence-electron chi connectivity index (χ3n) is 1.56. The topological polar surface area (TPSA) is 87.4 Å². The Balaban J connectivity index is 2.69. The molecule has 0 unspecified atom stereocenters. The van der Waals surface area contributed by atoms with Gasteiger partial charge in [0.25, 0.3) is 0 Å². The first-order chi connectivity index (χ1) is 6.11. The number of nitrogens with one attached hydrogen (secondary N) is 1. The number of aryl methyl sites for hydroxylation is 1. The third-order valence-corrected chi connectivity index (χ3v) is 1.56. The number of primary amides is 1. The lowest BCUT2D eigenvalue weighted by Crippen LogP contribution is -2.27. The second-order valence-electron chi connectivity index (χ2n) is 2.56. The molecule has 3 N–H and O–H groups in total. The number of aromatic nitrogens is 2. The second kappa shape index (κ2) is 3.70. The van der Waals surface area contributed by atoms with Crippen LogP contribution in [-0.2, 0) is 0 Å². The summed E-state index contributed by atoms with van der Waals surface area (Å²) >= 11 is 0. The maximum atomic E-state index is 10.6. The van der Waals surface area contributed by atoms with E-state index in [1.165, 1.54) is 13.3 Å². The molecule has 0 radical (unpaired) electrons. The van der Waals surface area contributed by atoms with Crippen LogP contribution in [0.5, 0.6) is 0 Å². The Hall–Kier alpha value is -1.85. The molecule has 0 spiro atoms. The monoisotopic (exact) mass is 181 g/mol. The van der Waals surface area contributed by atoms with Crippen LogP contribution in [0.4, 0.5) is 4.79 Å². The minimum absolute atomic E-state index is 0.600. The van der Waals surface area contributed by atoms with E-state index in [1.807, 2.05) is 6.92 Å². The van der Waals surface area contributed by atoms with E-state index in [2.05, 4.69) is 15.3 Å². The third kappa shape index (κ3) is 2.29. The number of aromatic amines is 1. The smallest absolute Gasteiger partial charge is 0.334 e. The van der Waals surface area contributed by atoms with Gasteiger partial charge in [0.15, 0.2) is 0 Å². The number of carbonyl (C=O) groups excluding carboxylic acids is 1. The fourth-order valence-electron chi connectivity index (χ4n) is 0.696. The van der Waals surface area contributed by atoms with E-state index in [0.717, 1.165) is 16.3 Å². The van der Waals surface area contributed by atoms with E-state index >= 15 is 0 Å². The van der Waals surface area contributed by atoms with Gasteiger partial charge in [0.05, 0.1) is 12.4 Å². The standard InChI is InChI=1S/C7H11N5O/c1-5-6(3-9-11-5)4-10-12(2)7(8)13/h3-4H,1-2H3,(H2,8,13)(H,9,11)/b10-4+. The first kappa shape index (κ1) is 9.24. The van der Waals surface area contributed by atoms with E-state index < -0.39 is 6.03 Å². The largest absolute Gasteiger partial charge is 0.350 e. The highest BCUT2D eigenvalue weighted by atomic mass is 16.2. The molecular weight excluding hydrogens is 170 g/mol. The summed E-state index contributed by atoms with van der Waals surface area (Å²) in [5, 5.41) is 11.4. The van der Waals surface area contributed by atoms with Crippen LogP contribution in [-0.4, -0.2) is 34.5 Å². The van der Waals surface area contributed by atoms with Crippen molar-refractivity contribution in [1.29, 1.82) is 0 Å². The molecule has 6 nitrogen and oxygen atoms in total. The second-order valence-corrected chi connectivity index (χ2v) is 2.56. The van der Waals surface area contributed by atoms with Crippen LogP contribution >= 0.6 is 0 Å². The van der Waals surface area contributed by atoms with Gasteiger partial charge in [-0.05, 0) is 6.92 Å². The summed E-state index contributed by atoms with van der Waals surface area (Å²) in [6, 6.07) is -0.600. The number of hydrogen-bond acceptors (Lipinski definition) is 3. The molecule has 0 fully saturated rings. The molecule has 0 aliphatic heterocycles. The number of hydrogen-bond donors (Lipinski definition) is 2. The van der Waals surface area contributed by atoms with E-state index in [1.54, 1.807) is 6.20 Å². The minimum Gasteiger partial charge on any atom is -0.350 e. The van der Waals surface area contributed by atoms with Crippen LogP contribution in [0.15, 0.2) is 11.3 Å². The quantitative estimate of drug-likeness (QED) is 0.499. The highest BCUT2D eigenvalue weighted by molar-refractivity contribution is 5.82. The van der Waals surface area contributed by atoms with Crippen LogP contribution in [0.3, 0.4) is 0 Å². The number of carbonyl (C=O) groups is 1. The normalized spacial score (nSPS) is 10.6. The van der Waals surface area contributed by atoms with Crippen molar-refractivity contribution in [3.8, 4) is 0 Å². The molecule has 0 aliphatic rings. The molecule has 0 atom stereocenters. The number of rotatable bonds is 2.